The Morgan fingerprint density at radius 3 is 2.36 bits per heavy atom. The average Bonchev–Trinajstić information content (AvgIpc) is 2.79. The summed E-state index contributed by atoms with van der Waals surface area (Å²) in [7, 11) is 0. The number of benzene rings is 2. The molecule has 2 amide bonds. The molecule has 1 saturated heterocycles. The van der Waals surface area contributed by atoms with E-state index in [1.165, 1.54) is 4.90 Å². The van der Waals surface area contributed by atoms with Gasteiger partial charge in [0.1, 0.15) is 6.04 Å². The second kappa shape index (κ2) is 6.70. The first-order valence-corrected chi connectivity index (χ1v) is 8.70. The van der Waals surface area contributed by atoms with Crippen molar-refractivity contribution in [3.05, 3.63) is 57.1 Å². The third kappa shape index (κ3) is 3.24. The van der Waals surface area contributed by atoms with Crippen molar-refractivity contribution in [2.45, 2.75) is 33.2 Å². The standard InChI is InChI=1S/C19H18Cl2N2O2/c1-10-7-11(2)18(12(3)8-10)23-16(24)9-15(19(23)25)22-14-6-4-5-13(20)17(14)21/h4-8,15,22H,9H2,1-3H3. The van der Waals surface area contributed by atoms with E-state index in [0.717, 1.165) is 16.7 Å². The summed E-state index contributed by atoms with van der Waals surface area (Å²) in [6, 6.07) is 8.42. The van der Waals surface area contributed by atoms with Crippen LogP contribution in [0.4, 0.5) is 11.4 Å². The van der Waals surface area contributed by atoms with Crippen LogP contribution in [-0.4, -0.2) is 17.9 Å². The third-order valence-corrected chi connectivity index (χ3v) is 5.11. The average molecular weight is 377 g/mol. The van der Waals surface area contributed by atoms with Gasteiger partial charge in [0.15, 0.2) is 0 Å². The van der Waals surface area contributed by atoms with E-state index in [-0.39, 0.29) is 18.2 Å². The number of hydrogen-bond acceptors (Lipinski definition) is 3. The molecule has 0 aliphatic carbocycles. The molecule has 1 aliphatic rings. The molecule has 1 heterocycles. The van der Waals surface area contributed by atoms with E-state index in [4.69, 9.17) is 23.2 Å². The lowest BCUT2D eigenvalue weighted by atomic mass is 10.0. The highest BCUT2D eigenvalue weighted by Gasteiger charge is 2.41. The fourth-order valence-corrected chi connectivity index (χ4v) is 3.66. The fourth-order valence-electron chi connectivity index (χ4n) is 3.31. The van der Waals surface area contributed by atoms with Crippen molar-refractivity contribution in [2.75, 3.05) is 10.2 Å². The van der Waals surface area contributed by atoms with Crippen molar-refractivity contribution < 1.29 is 9.59 Å². The lowest BCUT2D eigenvalue weighted by Gasteiger charge is -2.21. The fraction of sp³-hybridized carbons (Fsp3) is 0.263. The van der Waals surface area contributed by atoms with Gasteiger partial charge in [-0.2, -0.15) is 0 Å². The minimum absolute atomic E-state index is 0.0778. The van der Waals surface area contributed by atoms with Crippen LogP contribution < -0.4 is 10.2 Å². The molecule has 0 radical (unpaired) electrons. The molecule has 0 bridgehead atoms. The van der Waals surface area contributed by atoms with Gasteiger partial charge in [-0.15, -0.1) is 0 Å². The van der Waals surface area contributed by atoms with Crippen LogP contribution in [0.3, 0.4) is 0 Å². The second-order valence-electron chi connectivity index (χ2n) is 6.32. The lowest BCUT2D eigenvalue weighted by Crippen LogP contribution is -2.35. The molecule has 3 rings (SSSR count). The molecule has 4 nitrogen and oxygen atoms in total. The third-order valence-electron chi connectivity index (χ3n) is 4.29. The highest BCUT2D eigenvalue weighted by Crippen LogP contribution is 2.34. The van der Waals surface area contributed by atoms with Gasteiger partial charge in [-0.05, 0) is 44.0 Å². The van der Waals surface area contributed by atoms with Gasteiger partial charge in [0.25, 0.3) is 5.91 Å². The Hall–Kier alpha value is -2.04. The zero-order chi connectivity index (χ0) is 18.3. The quantitative estimate of drug-likeness (QED) is 0.792. The Balaban J connectivity index is 1.92. The number of carbonyl (C=O) groups excluding carboxylic acids is 2. The maximum absolute atomic E-state index is 12.9. The maximum atomic E-state index is 12.9. The molecular formula is C19H18Cl2N2O2. The Labute approximate surface area is 156 Å². The monoisotopic (exact) mass is 376 g/mol. The molecule has 0 saturated carbocycles. The van der Waals surface area contributed by atoms with Crippen molar-refractivity contribution in [2.24, 2.45) is 0 Å². The highest BCUT2D eigenvalue weighted by molar-refractivity contribution is 6.43. The van der Waals surface area contributed by atoms with Crippen LogP contribution in [0.2, 0.25) is 10.0 Å². The van der Waals surface area contributed by atoms with Crippen molar-refractivity contribution >= 4 is 46.4 Å². The van der Waals surface area contributed by atoms with Crippen LogP contribution in [-0.2, 0) is 9.59 Å². The van der Waals surface area contributed by atoms with Gasteiger partial charge in [-0.3, -0.25) is 9.59 Å². The molecule has 130 valence electrons. The molecule has 0 aromatic heterocycles. The summed E-state index contributed by atoms with van der Waals surface area (Å²) in [6.45, 7) is 5.80. The number of aryl methyl sites for hydroxylation is 3. The van der Waals surface area contributed by atoms with Gasteiger partial charge in [0.05, 0.1) is 27.8 Å². The first-order chi connectivity index (χ1) is 11.8. The number of hydrogen-bond donors (Lipinski definition) is 1. The zero-order valence-electron chi connectivity index (χ0n) is 14.2. The van der Waals surface area contributed by atoms with E-state index in [1.54, 1.807) is 18.2 Å². The van der Waals surface area contributed by atoms with Crippen molar-refractivity contribution in [1.29, 1.82) is 0 Å². The molecule has 1 N–H and O–H groups in total. The van der Waals surface area contributed by atoms with E-state index in [2.05, 4.69) is 5.32 Å². The topological polar surface area (TPSA) is 49.4 Å². The highest BCUT2D eigenvalue weighted by atomic mass is 35.5. The number of imide groups is 1. The predicted octanol–water partition coefficient (Wildman–Crippen LogP) is 4.66. The molecule has 1 atom stereocenters. The molecule has 0 spiro atoms. The molecule has 1 unspecified atom stereocenters. The Morgan fingerprint density at radius 2 is 1.72 bits per heavy atom. The van der Waals surface area contributed by atoms with Crippen molar-refractivity contribution in [1.82, 2.24) is 0 Å². The van der Waals surface area contributed by atoms with E-state index in [9.17, 15) is 9.59 Å². The number of carbonyl (C=O) groups is 2. The Kier molecular flexibility index (Phi) is 4.76. The summed E-state index contributed by atoms with van der Waals surface area (Å²) in [5.74, 6) is -0.508. The molecule has 1 aliphatic heterocycles. The van der Waals surface area contributed by atoms with Gasteiger partial charge < -0.3 is 5.32 Å². The van der Waals surface area contributed by atoms with Crippen molar-refractivity contribution in [3.63, 3.8) is 0 Å². The van der Waals surface area contributed by atoms with E-state index in [1.807, 2.05) is 32.9 Å². The first-order valence-electron chi connectivity index (χ1n) is 7.94. The van der Waals surface area contributed by atoms with Gasteiger partial charge in [-0.25, -0.2) is 4.90 Å². The molecule has 6 heteroatoms. The number of amides is 2. The second-order valence-corrected chi connectivity index (χ2v) is 7.10. The summed E-state index contributed by atoms with van der Waals surface area (Å²) < 4.78 is 0. The van der Waals surface area contributed by atoms with E-state index >= 15 is 0 Å². The van der Waals surface area contributed by atoms with Crippen LogP contribution in [0.5, 0.6) is 0 Å². The van der Waals surface area contributed by atoms with Gasteiger partial charge in [0, 0.05) is 0 Å². The van der Waals surface area contributed by atoms with Crippen LogP contribution in [0.1, 0.15) is 23.1 Å². The van der Waals surface area contributed by atoms with Crippen LogP contribution in [0.15, 0.2) is 30.3 Å². The van der Waals surface area contributed by atoms with Gasteiger partial charge in [0.2, 0.25) is 5.91 Å². The van der Waals surface area contributed by atoms with Gasteiger partial charge >= 0.3 is 0 Å². The summed E-state index contributed by atoms with van der Waals surface area (Å²) in [6.07, 6.45) is 0.0778. The van der Waals surface area contributed by atoms with Crippen LogP contribution >= 0.6 is 23.2 Å². The minimum atomic E-state index is -0.663. The summed E-state index contributed by atoms with van der Waals surface area (Å²) >= 11 is 12.2. The largest absolute Gasteiger partial charge is 0.372 e. The number of nitrogens with zero attached hydrogens (tertiary/aromatic N) is 1. The number of rotatable bonds is 3. The zero-order valence-corrected chi connectivity index (χ0v) is 15.7. The maximum Gasteiger partial charge on any atom is 0.256 e. The molecular weight excluding hydrogens is 359 g/mol. The first kappa shape index (κ1) is 17.8. The molecule has 1 fully saturated rings. The minimum Gasteiger partial charge on any atom is -0.372 e. The number of nitrogens with one attached hydrogen (secondary N) is 1. The van der Waals surface area contributed by atoms with Crippen molar-refractivity contribution in [3.8, 4) is 0 Å². The van der Waals surface area contributed by atoms with Gasteiger partial charge in [-0.1, -0.05) is 47.0 Å². The molecule has 2 aromatic rings. The molecule has 2 aromatic carbocycles. The number of halogens is 2. The SMILES string of the molecule is Cc1cc(C)c(N2C(=O)CC(Nc3cccc(Cl)c3Cl)C2=O)c(C)c1. The van der Waals surface area contributed by atoms with E-state index < -0.39 is 6.04 Å². The summed E-state index contributed by atoms with van der Waals surface area (Å²) in [5.41, 5.74) is 4.11. The Morgan fingerprint density at radius 1 is 1.08 bits per heavy atom. The smallest absolute Gasteiger partial charge is 0.256 e. The molecule has 25 heavy (non-hydrogen) atoms. The number of anilines is 2. The summed E-state index contributed by atoms with van der Waals surface area (Å²) in [4.78, 5) is 26.7. The predicted molar refractivity (Wildman–Crippen MR) is 102 cm³/mol. The normalized spacial score (nSPS) is 17.3. The van der Waals surface area contributed by atoms with E-state index in [0.29, 0.717) is 21.4 Å². The lowest BCUT2D eigenvalue weighted by molar-refractivity contribution is -0.121. The van der Waals surface area contributed by atoms with Crippen LogP contribution in [0, 0.1) is 20.8 Å². The summed E-state index contributed by atoms with van der Waals surface area (Å²) in [5, 5.41) is 3.78. The van der Waals surface area contributed by atoms with Crippen LogP contribution in [0.25, 0.3) is 0 Å². The Bertz CT molecular complexity index is 857.